The van der Waals surface area contributed by atoms with E-state index in [4.69, 9.17) is 4.74 Å². The summed E-state index contributed by atoms with van der Waals surface area (Å²) in [6.45, 7) is 5.51. The van der Waals surface area contributed by atoms with Gasteiger partial charge >= 0.3 is 12.1 Å². The predicted molar refractivity (Wildman–Crippen MR) is 78.3 cm³/mol. The zero-order chi connectivity index (χ0) is 15.6. The number of methoxy groups -OCH3 is 1. The Balaban J connectivity index is 1.88. The number of esters is 1. The van der Waals surface area contributed by atoms with Crippen molar-refractivity contribution in [2.45, 2.75) is 44.8 Å². The quantitative estimate of drug-likeness (QED) is 0.870. The molecule has 114 valence electrons. The second-order valence-corrected chi connectivity index (χ2v) is 6.21. The highest BCUT2D eigenvalue weighted by molar-refractivity contribution is 5.89. The molecular weight excluding hydrogens is 270 g/mol. The molecule has 2 rings (SSSR count). The summed E-state index contributed by atoms with van der Waals surface area (Å²) in [7, 11) is 1.36. The van der Waals surface area contributed by atoms with Gasteiger partial charge in [0.15, 0.2) is 0 Å². The Morgan fingerprint density at radius 2 is 1.81 bits per heavy atom. The summed E-state index contributed by atoms with van der Waals surface area (Å²) in [6, 6.07) is 7.37. The van der Waals surface area contributed by atoms with Crippen molar-refractivity contribution in [3.05, 3.63) is 35.4 Å². The molecule has 0 aromatic heterocycles. The molecule has 0 aliphatic heterocycles. The van der Waals surface area contributed by atoms with Crippen LogP contribution >= 0.6 is 0 Å². The van der Waals surface area contributed by atoms with Crippen LogP contribution in [-0.4, -0.2) is 30.8 Å². The van der Waals surface area contributed by atoms with Gasteiger partial charge in [-0.1, -0.05) is 12.1 Å². The van der Waals surface area contributed by atoms with E-state index < -0.39 is 5.60 Å². The van der Waals surface area contributed by atoms with E-state index in [1.807, 2.05) is 32.9 Å². The molecule has 0 radical (unpaired) electrons. The highest BCUT2D eigenvalue weighted by Gasteiger charge is 2.40. The molecule has 1 aromatic carbocycles. The highest BCUT2D eigenvalue weighted by atomic mass is 16.6. The molecular formula is C16H21NO4. The number of ether oxygens (including phenoxy) is 2. The number of alkyl carbamates (subject to hydrolysis) is 1. The van der Waals surface area contributed by atoms with Crippen LogP contribution < -0.4 is 5.32 Å². The minimum Gasteiger partial charge on any atom is -0.465 e. The van der Waals surface area contributed by atoms with E-state index in [2.05, 4.69) is 10.1 Å². The van der Waals surface area contributed by atoms with E-state index in [-0.39, 0.29) is 24.0 Å². The normalized spacial score (nSPS) is 20.6. The summed E-state index contributed by atoms with van der Waals surface area (Å²) in [5, 5.41) is 2.85. The molecule has 2 unspecified atom stereocenters. The van der Waals surface area contributed by atoms with Crippen LogP contribution in [0.25, 0.3) is 0 Å². The molecule has 21 heavy (non-hydrogen) atoms. The summed E-state index contributed by atoms with van der Waals surface area (Å²) < 4.78 is 9.89. The second kappa shape index (κ2) is 5.76. The smallest absolute Gasteiger partial charge is 0.407 e. The lowest BCUT2D eigenvalue weighted by molar-refractivity contribution is 0.0521. The van der Waals surface area contributed by atoms with E-state index in [1.54, 1.807) is 12.1 Å². The fraction of sp³-hybridized carbons (Fsp3) is 0.500. The molecule has 5 nitrogen and oxygen atoms in total. The van der Waals surface area contributed by atoms with Crippen molar-refractivity contribution in [3.8, 4) is 0 Å². The van der Waals surface area contributed by atoms with E-state index in [0.29, 0.717) is 5.56 Å². The Morgan fingerprint density at radius 3 is 2.33 bits per heavy atom. The number of nitrogens with one attached hydrogen (secondary N) is 1. The Bertz CT molecular complexity index is 530. The fourth-order valence-electron chi connectivity index (χ4n) is 2.17. The Hall–Kier alpha value is -2.04. The molecule has 0 heterocycles. The largest absolute Gasteiger partial charge is 0.465 e. The second-order valence-electron chi connectivity index (χ2n) is 6.21. The monoisotopic (exact) mass is 291 g/mol. The van der Waals surface area contributed by atoms with Gasteiger partial charge in [0.25, 0.3) is 0 Å². The van der Waals surface area contributed by atoms with Crippen LogP contribution in [-0.2, 0) is 9.47 Å². The maximum absolute atomic E-state index is 11.7. The molecule has 1 aromatic rings. The van der Waals surface area contributed by atoms with Crippen LogP contribution in [0, 0.1) is 0 Å². The number of carbonyl (C=O) groups excluding carboxylic acids is 2. The standard InChI is InChI=1S/C16H21NO4/c1-16(2,3)21-15(19)17-13-9-12(13)10-5-7-11(8-6-10)14(18)20-4/h5-8,12-13H,9H2,1-4H3,(H,17,19). The highest BCUT2D eigenvalue weighted by Crippen LogP contribution is 2.40. The molecule has 5 heteroatoms. The summed E-state index contributed by atoms with van der Waals surface area (Å²) in [5.41, 5.74) is 1.14. The zero-order valence-electron chi connectivity index (χ0n) is 12.8. The van der Waals surface area contributed by atoms with Gasteiger partial charge in [0.05, 0.1) is 12.7 Å². The molecule has 1 aliphatic carbocycles. The first-order valence-corrected chi connectivity index (χ1v) is 6.98. The van der Waals surface area contributed by atoms with Gasteiger partial charge in [0, 0.05) is 12.0 Å². The summed E-state index contributed by atoms with van der Waals surface area (Å²) in [6.07, 6.45) is 0.498. The van der Waals surface area contributed by atoms with Gasteiger partial charge in [-0.15, -0.1) is 0 Å². The van der Waals surface area contributed by atoms with Crippen molar-refractivity contribution in [3.63, 3.8) is 0 Å². The molecule has 1 N–H and O–H groups in total. The molecule has 0 saturated heterocycles. The zero-order valence-corrected chi connectivity index (χ0v) is 12.8. The fourth-order valence-corrected chi connectivity index (χ4v) is 2.17. The number of hydrogen-bond acceptors (Lipinski definition) is 4. The van der Waals surface area contributed by atoms with Gasteiger partial charge in [-0.25, -0.2) is 9.59 Å². The number of carbonyl (C=O) groups is 2. The van der Waals surface area contributed by atoms with E-state index in [9.17, 15) is 9.59 Å². The molecule has 1 amide bonds. The Kier molecular flexibility index (Phi) is 4.21. The molecule has 2 atom stereocenters. The minimum atomic E-state index is -0.489. The Labute approximate surface area is 124 Å². The summed E-state index contributed by atoms with van der Waals surface area (Å²) in [4.78, 5) is 23.0. The third-order valence-electron chi connectivity index (χ3n) is 3.25. The van der Waals surface area contributed by atoms with Crippen LogP contribution in [0.4, 0.5) is 4.79 Å². The maximum atomic E-state index is 11.7. The molecule has 0 spiro atoms. The average molecular weight is 291 g/mol. The molecule has 1 saturated carbocycles. The number of amides is 1. The lowest BCUT2D eigenvalue weighted by atomic mass is 10.1. The van der Waals surface area contributed by atoms with E-state index in [1.165, 1.54) is 7.11 Å². The summed E-state index contributed by atoms with van der Waals surface area (Å²) >= 11 is 0. The first-order chi connectivity index (χ1) is 9.80. The number of rotatable bonds is 3. The van der Waals surface area contributed by atoms with Crippen molar-refractivity contribution in [2.24, 2.45) is 0 Å². The molecule has 1 fully saturated rings. The van der Waals surface area contributed by atoms with Crippen LogP contribution in [0.1, 0.15) is 49.0 Å². The SMILES string of the molecule is COC(=O)c1ccc(C2CC2NC(=O)OC(C)(C)C)cc1. The molecule has 1 aliphatic rings. The number of hydrogen-bond donors (Lipinski definition) is 1. The lowest BCUT2D eigenvalue weighted by Crippen LogP contribution is -2.34. The van der Waals surface area contributed by atoms with Gasteiger partial charge in [0.2, 0.25) is 0 Å². The van der Waals surface area contributed by atoms with Crippen LogP contribution in [0.2, 0.25) is 0 Å². The predicted octanol–water partition coefficient (Wildman–Crippen LogP) is 2.85. The van der Waals surface area contributed by atoms with Crippen LogP contribution in [0.5, 0.6) is 0 Å². The van der Waals surface area contributed by atoms with Crippen molar-refractivity contribution in [1.29, 1.82) is 0 Å². The van der Waals surface area contributed by atoms with Crippen molar-refractivity contribution >= 4 is 12.1 Å². The molecule has 0 bridgehead atoms. The van der Waals surface area contributed by atoms with Gasteiger partial charge in [-0.2, -0.15) is 0 Å². The van der Waals surface area contributed by atoms with Gasteiger partial charge in [-0.05, 0) is 44.9 Å². The van der Waals surface area contributed by atoms with Crippen LogP contribution in [0.15, 0.2) is 24.3 Å². The first-order valence-electron chi connectivity index (χ1n) is 6.98. The van der Waals surface area contributed by atoms with Crippen molar-refractivity contribution in [1.82, 2.24) is 5.32 Å². The van der Waals surface area contributed by atoms with Gasteiger partial charge in [0.1, 0.15) is 5.60 Å². The number of benzene rings is 1. The van der Waals surface area contributed by atoms with Gasteiger partial charge < -0.3 is 14.8 Å². The van der Waals surface area contributed by atoms with Crippen molar-refractivity contribution < 1.29 is 19.1 Å². The van der Waals surface area contributed by atoms with E-state index in [0.717, 1.165) is 12.0 Å². The summed E-state index contributed by atoms with van der Waals surface area (Å²) in [5.74, 6) is -0.0648. The first kappa shape index (κ1) is 15.4. The topological polar surface area (TPSA) is 64.6 Å². The third kappa shape index (κ3) is 4.21. The van der Waals surface area contributed by atoms with Crippen LogP contribution in [0.3, 0.4) is 0 Å². The third-order valence-corrected chi connectivity index (χ3v) is 3.25. The minimum absolute atomic E-state index is 0.101. The van der Waals surface area contributed by atoms with Crippen molar-refractivity contribution in [2.75, 3.05) is 7.11 Å². The van der Waals surface area contributed by atoms with Gasteiger partial charge in [-0.3, -0.25) is 0 Å². The maximum Gasteiger partial charge on any atom is 0.407 e. The average Bonchev–Trinajstić information content (AvgIpc) is 3.15. The Morgan fingerprint density at radius 1 is 1.19 bits per heavy atom. The van der Waals surface area contributed by atoms with E-state index >= 15 is 0 Å². The lowest BCUT2D eigenvalue weighted by Gasteiger charge is -2.19.